The third-order valence-electron chi connectivity index (χ3n) is 5.27. The van der Waals surface area contributed by atoms with Crippen LogP contribution in [0.25, 0.3) is 0 Å². The van der Waals surface area contributed by atoms with E-state index in [9.17, 15) is 0 Å². The number of hydrogen-bond acceptors (Lipinski definition) is 4. The second-order valence-electron chi connectivity index (χ2n) is 6.78. The summed E-state index contributed by atoms with van der Waals surface area (Å²) in [6.07, 6.45) is 0. The molecule has 5 nitrogen and oxygen atoms in total. The zero-order valence-corrected chi connectivity index (χ0v) is 15.4. The molecule has 1 aliphatic rings. The van der Waals surface area contributed by atoms with Crippen molar-refractivity contribution in [3.8, 4) is 5.75 Å². The minimum atomic E-state index is 0.418. The average molecular weight is 328 g/mol. The summed E-state index contributed by atoms with van der Waals surface area (Å²) in [7, 11) is 5.95. The maximum atomic E-state index is 5.28. The first kappa shape index (κ1) is 17.0. The van der Waals surface area contributed by atoms with E-state index in [2.05, 4.69) is 60.1 Å². The van der Waals surface area contributed by atoms with Crippen LogP contribution in [0.1, 0.15) is 28.6 Å². The number of nitrogens with zero attached hydrogens (tertiary/aromatic N) is 4. The van der Waals surface area contributed by atoms with Gasteiger partial charge in [-0.3, -0.25) is 14.5 Å². The topological polar surface area (TPSA) is 33.5 Å². The number of methoxy groups -OCH3 is 1. The Balaban J connectivity index is 1.75. The van der Waals surface area contributed by atoms with Crippen molar-refractivity contribution < 1.29 is 4.74 Å². The van der Waals surface area contributed by atoms with Crippen molar-refractivity contribution in [3.63, 3.8) is 0 Å². The van der Waals surface area contributed by atoms with E-state index in [0.29, 0.717) is 6.04 Å². The highest BCUT2D eigenvalue weighted by atomic mass is 16.5. The minimum Gasteiger partial charge on any atom is -0.497 e. The van der Waals surface area contributed by atoms with Gasteiger partial charge in [0.1, 0.15) is 5.75 Å². The summed E-state index contributed by atoms with van der Waals surface area (Å²) in [6, 6.07) is 8.89. The molecule has 1 aromatic heterocycles. The molecule has 3 rings (SSSR count). The zero-order valence-electron chi connectivity index (χ0n) is 15.4. The van der Waals surface area contributed by atoms with E-state index < -0.39 is 0 Å². The van der Waals surface area contributed by atoms with Crippen LogP contribution in [-0.2, 0) is 13.6 Å². The summed E-state index contributed by atoms with van der Waals surface area (Å²) in [5.74, 6) is 0.913. The van der Waals surface area contributed by atoms with Crippen molar-refractivity contribution in [2.45, 2.75) is 26.4 Å². The summed E-state index contributed by atoms with van der Waals surface area (Å²) in [5.41, 5.74) is 5.14. The Kier molecular flexibility index (Phi) is 4.92. The molecule has 0 saturated carbocycles. The van der Waals surface area contributed by atoms with Crippen molar-refractivity contribution in [1.82, 2.24) is 19.6 Å². The molecule has 0 N–H and O–H groups in total. The number of hydrogen-bond donors (Lipinski definition) is 0. The lowest BCUT2D eigenvalue weighted by Gasteiger charge is -2.39. The fourth-order valence-electron chi connectivity index (χ4n) is 3.53. The van der Waals surface area contributed by atoms with Crippen LogP contribution in [0.2, 0.25) is 0 Å². The lowest BCUT2D eigenvalue weighted by molar-refractivity contribution is 0.0902. The Morgan fingerprint density at radius 2 is 1.83 bits per heavy atom. The van der Waals surface area contributed by atoms with E-state index in [-0.39, 0.29) is 0 Å². The number of benzene rings is 1. The molecule has 130 valence electrons. The SMILES string of the molecule is COc1ccc([C@@H]2CN(Cc3c(C)nn(C)c3C)CCN2C)cc1. The number of aromatic nitrogens is 2. The summed E-state index contributed by atoms with van der Waals surface area (Å²) in [6.45, 7) is 8.46. The first-order valence-electron chi connectivity index (χ1n) is 8.55. The van der Waals surface area contributed by atoms with Crippen molar-refractivity contribution >= 4 is 0 Å². The third-order valence-corrected chi connectivity index (χ3v) is 5.27. The number of aryl methyl sites for hydroxylation is 2. The molecule has 0 aliphatic carbocycles. The molecule has 1 fully saturated rings. The molecule has 1 aromatic carbocycles. The van der Waals surface area contributed by atoms with Crippen LogP contribution in [0.4, 0.5) is 0 Å². The maximum Gasteiger partial charge on any atom is 0.118 e. The van der Waals surface area contributed by atoms with Gasteiger partial charge < -0.3 is 4.74 Å². The van der Waals surface area contributed by atoms with Crippen LogP contribution in [0.5, 0.6) is 5.75 Å². The van der Waals surface area contributed by atoms with E-state index in [4.69, 9.17) is 4.74 Å². The smallest absolute Gasteiger partial charge is 0.118 e. The number of rotatable bonds is 4. The lowest BCUT2D eigenvalue weighted by Crippen LogP contribution is -2.46. The molecule has 2 aromatic rings. The van der Waals surface area contributed by atoms with Crippen LogP contribution >= 0.6 is 0 Å². The molecule has 0 amide bonds. The van der Waals surface area contributed by atoms with Gasteiger partial charge in [0, 0.05) is 50.5 Å². The normalized spacial score (nSPS) is 19.6. The first-order valence-corrected chi connectivity index (χ1v) is 8.55. The van der Waals surface area contributed by atoms with Gasteiger partial charge in [-0.25, -0.2) is 0 Å². The van der Waals surface area contributed by atoms with E-state index >= 15 is 0 Å². The molecule has 1 aliphatic heterocycles. The molecule has 2 heterocycles. The van der Waals surface area contributed by atoms with Crippen LogP contribution in [0, 0.1) is 13.8 Å². The van der Waals surface area contributed by atoms with Gasteiger partial charge in [-0.15, -0.1) is 0 Å². The Morgan fingerprint density at radius 3 is 2.42 bits per heavy atom. The van der Waals surface area contributed by atoms with Crippen LogP contribution < -0.4 is 4.74 Å². The molecule has 0 unspecified atom stereocenters. The largest absolute Gasteiger partial charge is 0.497 e. The van der Waals surface area contributed by atoms with E-state index in [0.717, 1.165) is 37.6 Å². The monoisotopic (exact) mass is 328 g/mol. The van der Waals surface area contributed by atoms with Gasteiger partial charge in [-0.1, -0.05) is 12.1 Å². The first-order chi connectivity index (χ1) is 11.5. The van der Waals surface area contributed by atoms with E-state index in [1.54, 1.807) is 7.11 Å². The van der Waals surface area contributed by atoms with Crippen molar-refractivity contribution in [1.29, 1.82) is 0 Å². The summed E-state index contributed by atoms with van der Waals surface area (Å²) in [5, 5.41) is 4.55. The Bertz CT molecular complexity index is 692. The second-order valence-corrected chi connectivity index (χ2v) is 6.78. The van der Waals surface area contributed by atoms with Crippen molar-refractivity contribution in [2.24, 2.45) is 7.05 Å². The van der Waals surface area contributed by atoms with Gasteiger partial charge in [0.05, 0.1) is 12.8 Å². The Hall–Kier alpha value is -1.85. The van der Waals surface area contributed by atoms with Crippen LogP contribution in [0.3, 0.4) is 0 Å². The van der Waals surface area contributed by atoms with Gasteiger partial charge in [0.25, 0.3) is 0 Å². The summed E-state index contributed by atoms with van der Waals surface area (Å²) >= 11 is 0. The fourth-order valence-corrected chi connectivity index (χ4v) is 3.53. The predicted molar refractivity (Wildman–Crippen MR) is 96.3 cm³/mol. The highest BCUT2D eigenvalue weighted by Crippen LogP contribution is 2.27. The summed E-state index contributed by atoms with van der Waals surface area (Å²) < 4.78 is 7.27. The summed E-state index contributed by atoms with van der Waals surface area (Å²) in [4.78, 5) is 4.99. The molecule has 24 heavy (non-hydrogen) atoms. The number of ether oxygens (including phenoxy) is 1. The minimum absolute atomic E-state index is 0.418. The van der Waals surface area contributed by atoms with Gasteiger partial charge in [0.2, 0.25) is 0 Å². The molecule has 0 radical (unpaired) electrons. The van der Waals surface area contributed by atoms with Gasteiger partial charge in [-0.2, -0.15) is 5.10 Å². The average Bonchev–Trinajstić information content (AvgIpc) is 2.83. The highest BCUT2D eigenvalue weighted by Gasteiger charge is 2.26. The standard InChI is InChI=1S/C19H28N4O/c1-14-18(15(2)22(4)20-14)12-23-11-10-21(3)19(13-23)16-6-8-17(24-5)9-7-16/h6-9,19H,10-13H2,1-5H3/t19-/m0/s1. The molecule has 5 heteroatoms. The number of likely N-dealkylation sites (N-methyl/N-ethyl adjacent to an activating group) is 1. The van der Waals surface area contributed by atoms with Crippen LogP contribution in [-0.4, -0.2) is 53.4 Å². The number of piperazine rings is 1. The van der Waals surface area contributed by atoms with Gasteiger partial charge in [-0.05, 0) is 38.6 Å². The molecule has 0 bridgehead atoms. The van der Waals surface area contributed by atoms with Gasteiger partial charge >= 0.3 is 0 Å². The third kappa shape index (κ3) is 3.32. The molecule has 0 spiro atoms. The lowest BCUT2D eigenvalue weighted by atomic mass is 10.0. The highest BCUT2D eigenvalue weighted by molar-refractivity contribution is 5.30. The van der Waals surface area contributed by atoms with Crippen molar-refractivity contribution in [2.75, 3.05) is 33.8 Å². The predicted octanol–water partition coefficient (Wildman–Crippen LogP) is 2.53. The fraction of sp³-hybridized carbons (Fsp3) is 0.526. The van der Waals surface area contributed by atoms with Crippen LogP contribution in [0.15, 0.2) is 24.3 Å². The zero-order chi connectivity index (χ0) is 17.3. The molecule has 1 atom stereocenters. The molecule has 1 saturated heterocycles. The Labute approximate surface area is 144 Å². The second kappa shape index (κ2) is 6.95. The Morgan fingerprint density at radius 1 is 1.12 bits per heavy atom. The van der Waals surface area contributed by atoms with Crippen molar-refractivity contribution in [3.05, 3.63) is 46.8 Å². The quantitative estimate of drug-likeness (QED) is 0.864. The van der Waals surface area contributed by atoms with E-state index in [1.807, 2.05) is 11.7 Å². The maximum absolute atomic E-state index is 5.28. The van der Waals surface area contributed by atoms with Gasteiger partial charge in [0.15, 0.2) is 0 Å². The molecular weight excluding hydrogens is 300 g/mol. The van der Waals surface area contributed by atoms with E-state index in [1.165, 1.54) is 16.8 Å². The molecular formula is C19H28N4O.